The largest absolute Gasteiger partial charge is 0.332 e. The lowest BCUT2D eigenvalue weighted by atomic mass is 10.2. The number of aromatic nitrogens is 5. The molecule has 8 heteroatoms. The topological polar surface area (TPSA) is 106 Å². The van der Waals surface area contributed by atoms with E-state index < -0.39 is 11.2 Å². The zero-order valence-corrected chi connectivity index (χ0v) is 11.5. The quantitative estimate of drug-likeness (QED) is 0.680. The highest BCUT2D eigenvalue weighted by molar-refractivity contribution is 5.75. The van der Waals surface area contributed by atoms with Gasteiger partial charge in [-0.15, -0.1) is 0 Å². The lowest BCUT2D eigenvalue weighted by Crippen LogP contribution is -2.29. The highest BCUT2D eigenvalue weighted by Gasteiger charge is 2.13. The van der Waals surface area contributed by atoms with Gasteiger partial charge in [-0.2, -0.15) is 0 Å². The second kappa shape index (κ2) is 4.58. The normalized spacial score (nSPS) is 11.1. The first-order valence-corrected chi connectivity index (χ1v) is 6.41. The molecule has 0 aromatic carbocycles. The number of H-pyrrole nitrogens is 2. The molecule has 0 atom stereocenters. The van der Waals surface area contributed by atoms with Crippen LogP contribution < -0.4 is 16.8 Å². The molecular weight excluding hydrogens is 274 g/mol. The van der Waals surface area contributed by atoms with Crippen LogP contribution in [0.15, 0.2) is 32.7 Å². The van der Waals surface area contributed by atoms with E-state index in [-0.39, 0.29) is 16.7 Å². The number of imidazole rings is 1. The predicted molar refractivity (Wildman–Crippen MR) is 77.3 cm³/mol. The number of hydrogen-bond donors (Lipinski definition) is 2. The van der Waals surface area contributed by atoms with E-state index in [1.807, 2.05) is 0 Å². The third kappa shape index (κ3) is 2.00. The Labute approximate surface area is 117 Å². The number of nitrogens with zero attached hydrogens (tertiary/aromatic N) is 3. The predicted octanol–water partition coefficient (Wildman–Crippen LogP) is -0.202. The van der Waals surface area contributed by atoms with Gasteiger partial charge in [0.1, 0.15) is 11.3 Å². The fourth-order valence-electron chi connectivity index (χ4n) is 2.17. The van der Waals surface area contributed by atoms with Crippen LogP contribution in [-0.2, 0) is 13.6 Å². The average Bonchev–Trinajstić information content (AvgIpc) is 2.87. The molecule has 8 nitrogen and oxygen atoms in total. The first kappa shape index (κ1) is 13.1. The number of aryl methyl sites for hydroxylation is 2. The van der Waals surface area contributed by atoms with Gasteiger partial charge in [-0.3, -0.25) is 19.1 Å². The Morgan fingerprint density at radius 2 is 2.00 bits per heavy atom. The van der Waals surface area contributed by atoms with Gasteiger partial charge in [-0.05, 0) is 13.0 Å². The van der Waals surface area contributed by atoms with Crippen molar-refractivity contribution in [1.82, 2.24) is 24.1 Å². The molecule has 0 aliphatic heterocycles. The van der Waals surface area contributed by atoms with Crippen LogP contribution in [0.4, 0.5) is 0 Å². The van der Waals surface area contributed by atoms with Crippen molar-refractivity contribution in [3.63, 3.8) is 0 Å². The van der Waals surface area contributed by atoms with Gasteiger partial charge in [0, 0.05) is 31.4 Å². The van der Waals surface area contributed by atoms with E-state index in [2.05, 4.69) is 15.0 Å². The molecule has 0 radical (unpaired) electrons. The smallest absolute Gasteiger partial charge is 0.330 e. The first-order chi connectivity index (χ1) is 10.0. The van der Waals surface area contributed by atoms with Crippen molar-refractivity contribution in [1.29, 1.82) is 0 Å². The fraction of sp³-hybridized carbons (Fsp3) is 0.231. The third-order valence-corrected chi connectivity index (χ3v) is 3.33. The van der Waals surface area contributed by atoms with E-state index in [1.165, 1.54) is 15.2 Å². The molecule has 2 N–H and O–H groups in total. The molecule has 0 amide bonds. The van der Waals surface area contributed by atoms with E-state index >= 15 is 0 Å². The molecule has 3 aromatic heterocycles. The molecule has 3 rings (SSSR count). The minimum atomic E-state index is -0.526. The van der Waals surface area contributed by atoms with E-state index in [9.17, 15) is 14.4 Å². The zero-order valence-electron chi connectivity index (χ0n) is 11.5. The molecular formula is C13H13N5O3. The van der Waals surface area contributed by atoms with E-state index in [1.54, 1.807) is 26.2 Å². The van der Waals surface area contributed by atoms with Gasteiger partial charge in [0.05, 0.1) is 0 Å². The average molecular weight is 287 g/mol. The second-order valence-electron chi connectivity index (χ2n) is 4.65. The van der Waals surface area contributed by atoms with Crippen LogP contribution in [0.3, 0.4) is 0 Å². The third-order valence-electron chi connectivity index (χ3n) is 3.33. The molecule has 3 heterocycles. The Morgan fingerprint density at radius 1 is 1.24 bits per heavy atom. The van der Waals surface area contributed by atoms with Crippen molar-refractivity contribution in [3.8, 4) is 11.4 Å². The van der Waals surface area contributed by atoms with Crippen LogP contribution in [0.5, 0.6) is 0 Å². The van der Waals surface area contributed by atoms with Gasteiger partial charge in [-0.25, -0.2) is 9.78 Å². The minimum Gasteiger partial charge on any atom is -0.332 e. The maximum Gasteiger partial charge on any atom is 0.330 e. The van der Waals surface area contributed by atoms with Gasteiger partial charge in [0.25, 0.3) is 11.1 Å². The molecule has 0 spiro atoms. The van der Waals surface area contributed by atoms with E-state index in [0.717, 1.165) is 0 Å². The van der Waals surface area contributed by atoms with Gasteiger partial charge < -0.3 is 9.55 Å². The molecule has 0 fully saturated rings. The number of fused-ring (bicyclic) bond motifs is 1. The van der Waals surface area contributed by atoms with E-state index in [4.69, 9.17) is 0 Å². The summed E-state index contributed by atoms with van der Waals surface area (Å²) in [5, 5.41) is 0. The monoisotopic (exact) mass is 287 g/mol. The summed E-state index contributed by atoms with van der Waals surface area (Å²) in [7, 11) is 1.64. The van der Waals surface area contributed by atoms with Crippen molar-refractivity contribution in [2.24, 2.45) is 7.05 Å². The van der Waals surface area contributed by atoms with Crippen molar-refractivity contribution in [2.45, 2.75) is 13.5 Å². The van der Waals surface area contributed by atoms with Crippen LogP contribution in [0, 0.1) is 0 Å². The van der Waals surface area contributed by atoms with Crippen LogP contribution in [0.1, 0.15) is 6.92 Å². The molecule has 0 bridgehead atoms. The van der Waals surface area contributed by atoms with Crippen molar-refractivity contribution < 1.29 is 0 Å². The summed E-state index contributed by atoms with van der Waals surface area (Å²) >= 11 is 0. The van der Waals surface area contributed by atoms with E-state index in [0.29, 0.717) is 17.9 Å². The fourth-order valence-corrected chi connectivity index (χ4v) is 2.17. The number of hydrogen-bond acceptors (Lipinski definition) is 4. The van der Waals surface area contributed by atoms with Crippen molar-refractivity contribution in [3.05, 3.63) is 49.5 Å². The SMILES string of the molecule is CCn1c(=O)[nH]c(=O)c2[nH]c(-c3ccn(C)c(=O)c3)nc21. The zero-order chi connectivity index (χ0) is 15.1. The van der Waals surface area contributed by atoms with Crippen LogP contribution in [0.25, 0.3) is 22.6 Å². The Balaban J connectivity index is 2.33. The van der Waals surface area contributed by atoms with Crippen molar-refractivity contribution in [2.75, 3.05) is 0 Å². The second-order valence-corrected chi connectivity index (χ2v) is 4.65. The maximum atomic E-state index is 11.8. The molecule has 0 saturated carbocycles. The highest BCUT2D eigenvalue weighted by Crippen LogP contribution is 2.16. The number of aromatic amines is 2. The summed E-state index contributed by atoms with van der Waals surface area (Å²) in [6.07, 6.45) is 1.61. The molecule has 0 unspecified atom stereocenters. The summed E-state index contributed by atoms with van der Waals surface area (Å²) in [6, 6.07) is 3.13. The maximum absolute atomic E-state index is 11.8. The summed E-state index contributed by atoms with van der Waals surface area (Å²) in [6.45, 7) is 2.17. The summed E-state index contributed by atoms with van der Waals surface area (Å²) in [5.41, 5.74) is -0.160. The minimum absolute atomic E-state index is 0.185. The van der Waals surface area contributed by atoms with Crippen LogP contribution >= 0.6 is 0 Å². The number of pyridine rings is 1. The molecule has 0 aliphatic rings. The highest BCUT2D eigenvalue weighted by atomic mass is 16.2. The van der Waals surface area contributed by atoms with Gasteiger partial charge in [0.15, 0.2) is 5.65 Å². The lowest BCUT2D eigenvalue weighted by molar-refractivity contribution is 0.720. The molecule has 3 aromatic rings. The Hall–Kier alpha value is -2.90. The number of rotatable bonds is 2. The molecule has 21 heavy (non-hydrogen) atoms. The Morgan fingerprint density at radius 3 is 2.67 bits per heavy atom. The Bertz CT molecular complexity index is 1010. The molecule has 108 valence electrons. The molecule has 0 saturated heterocycles. The van der Waals surface area contributed by atoms with Gasteiger partial charge in [-0.1, -0.05) is 0 Å². The standard InChI is InChI=1S/C13H13N5O3/c1-3-18-11-9(12(20)16-13(18)21)14-10(15-11)7-4-5-17(2)8(19)6-7/h4-6H,3H2,1-2H3,(H,14,15)(H,16,20,21). The number of nitrogens with one attached hydrogen (secondary N) is 2. The Kier molecular flexibility index (Phi) is 2.86. The summed E-state index contributed by atoms with van der Waals surface area (Å²) in [5.74, 6) is 0.376. The van der Waals surface area contributed by atoms with Gasteiger partial charge in [0.2, 0.25) is 0 Å². The lowest BCUT2D eigenvalue weighted by Gasteiger charge is -2.00. The molecule has 0 aliphatic carbocycles. The van der Waals surface area contributed by atoms with Crippen LogP contribution in [0.2, 0.25) is 0 Å². The van der Waals surface area contributed by atoms with Crippen molar-refractivity contribution >= 4 is 11.2 Å². The van der Waals surface area contributed by atoms with Gasteiger partial charge >= 0.3 is 5.69 Å². The van der Waals surface area contributed by atoms with Crippen LogP contribution in [-0.4, -0.2) is 24.1 Å². The summed E-state index contributed by atoms with van der Waals surface area (Å²) in [4.78, 5) is 44.6. The summed E-state index contributed by atoms with van der Waals surface area (Å²) < 4.78 is 2.79. The first-order valence-electron chi connectivity index (χ1n) is 6.41.